The molecule has 1 saturated heterocycles. The van der Waals surface area contributed by atoms with Gasteiger partial charge in [0.2, 0.25) is 0 Å². The summed E-state index contributed by atoms with van der Waals surface area (Å²) in [5, 5.41) is 6.79. The van der Waals surface area contributed by atoms with Crippen molar-refractivity contribution in [2.45, 2.75) is 38.3 Å². The monoisotopic (exact) mass is 450 g/mol. The van der Waals surface area contributed by atoms with E-state index in [0.29, 0.717) is 23.4 Å². The Labute approximate surface area is 193 Å². The maximum atomic E-state index is 12.7. The first-order valence-electron chi connectivity index (χ1n) is 11.0. The molecule has 7 heteroatoms. The number of aromatic nitrogens is 1. The van der Waals surface area contributed by atoms with Gasteiger partial charge in [-0.15, -0.1) is 11.3 Å². The number of rotatable bonds is 8. The van der Waals surface area contributed by atoms with Crippen LogP contribution < -0.4 is 20.3 Å². The van der Waals surface area contributed by atoms with Crippen LogP contribution in [0.4, 0.5) is 11.4 Å². The second-order valence-corrected chi connectivity index (χ2v) is 9.18. The first kappa shape index (κ1) is 22.3. The predicted octanol–water partition coefficient (Wildman–Crippen LogP) is 4.59. The minimum atomic E-state index is -0.169. The summed E-state index contributed by atoms with van der Waals surface area (Å²) in [4.78, 5) is 20.6. The molecule has 4 rings (SSSR count). The molecule has 1 fully saturated rings. The molecule has 1 aliphatic rings. The van der Waals surface area contributed by atoms with E-state index < -0.39 is 0 Å². The molecule has 1 aromatic heterocycles. The summed E-state index contributed by atoms with van der Waals surface area (Å²) in [5.41, 5.74) is 4.35. The normalized spacial score (nSPS) is 15.4. The van der Waals surface area contributed by atoms with Gasteiger partial charge in [0.15, 0.2) is 0 Å². The summed E-state index contributed by atoms with van der Waals surface area (Å²) < 4.78 is 5.31. The molecule has 1 aliphatic heterocycles. The number of para-hydroxylation sites is 1. The van der Waals surface area contributed by atoms with E-state index >= 15 is 0 Å². The third kappa shape index (κ3) is 5.66. The number of piperidine rings is 1. The van der Waals surface area contributed by atoms with E-state index in [1.807, 2.05) is 42.0 Å². The van der Waals surface area contributed by atoms with Gasteiger partial charge >= 0.3 is 0 Å². The van der Waals surface area contributed by atoms with Crippen LogP contribution >= 0.6 is 11.3 Å². The Morgan fingerprint density at radius 3 is 2.78 bits per heavy atom. The minimum absolute atomic E-state index is 0.169. The van der Waals surface area contributed by atoms with Gasteiger partial charge in [0, 0.05) is 47.6 Å². The zero-order chi connectivity index (χ0) is 22.3. The van der Waals surface area contributed by atoms with E-state index in [1.54, 1.807) is 30.6 Å². The maximum absolute atomic E-state index is 12.7. The smallest absolute Gasteiger partial charge is 0.259 e. The lowest BCUT2D eigenvalue weighted by molar-refractivity contribution is 0.102. The number of nitrogens with zero attached hydrogens (tertiary/aromatic N) is 2. The minimum Gasteiger partial charge on any atom is -0.496 e. The van der Waals surface area contributed by atoms with Gasteiger partial charge in [0.25, 0.3) is 5.91 Å². The number of benzene rings is 2. The molecule has 2 aromatic carbocycles. The Kier molecular flexibility index (Phi) is 7.39. The van der Waals surface area contributed by atoms with Gasteiger partial charge in [0.1, 0.15) is 5.75 Å². The fraction of sp³-hybridized carbons (Fsp3) is 0.360. The van der Waals surface area contributed by atoms with Gasteiger partial charge in [-0.3, -0.25) is 9.78 Å². The number of carbonyl (C=O) groups is 1. The quantitative estimate of drug-likeness (QED) is 0.525. The highest BCUT2D eigenvalue weighted by Gasteiger charge is 2.21. The molecule has 0 radical (unpaired) electrons. The first-order chi connectivity index (χ1) is 15.6. The van der Waals surface area contributed by atoms with Crippen LogP contribution in [0.1, 0.15) is 35.0 Å². The fourth-order valence-corrected chi connectivity index (χ4v) is 4.95. The summed E-state index contributed by atoms with van der Waals surface area (Å²) in [5.74, 6) is 0.401. The molecule has 2 N–H and O–H groups in total. The second-order valence-electron chi connectivity index (χ2n) is 8.21. The lowest BCUT2D eigenvalue weighted by Gasteiger charge is -2.35. The molecule has 0 aliphatic carbocycles. The van der Waals surface area contributed by atoms with E-state index in [1.165, 1.54) is 4.88 Å². The van der Waals surface area contributed by atoms with Crippen molar-refractivity contribution in [2.24, 2.45) is 0 Å². The molecule has 1 atom stereocenters. The van der Waals surface area contributed by atoms with E-state index in [4.69, 9.17) is 4.74 Å². The zero-order valence-electron chi connectivity index (χ0n) is 18.6. The summed E-state index contributed by atoms with van der Waals surface area (Å²) in [6.07, 6.45) is 5.19. The van der Waals surface area contributed by atoms with Crippen molar-refractivity contribution < 1.29 is 9.53 Å². The van der Waals surface area contributed by atoms with E-state index in [9.17, 15) is 4.79 Å². The van der Waals surface area contributed by atoms with Crippen LogP contribution in [0, 0.1) is 0 Å². The van der Waals surface area contributed by atoms with Crippen molar-refractivity contribution in [3.63, 3.8) is 0 Å². The molecular weight excluding hydrogens is 420 g/mol. The van der Waals surface area contributed by atoms with Gasteiger partial charge in [-0.25, -0.2) is 0 Å². The lowest BCUT2D eigenvalue weighted by atomic mass is 10.0. The Morgan fingerprint density at radius 2 is 2.03 bits per heavy atom. The van der Waals surface area contributed by atoms with Crippen LogP contribution in [-0.4, -0.2) is 43.2 Å². The van der Waals surface area contributed by atoms with Crippen molar-refractivity contribution in [2.75, 3.05) is 30.4 Å². The largest absolute Gasteiger partial charge is 0.496 e. The third-order valence-corrected chi connectivity index (χ3v) is 6.63. The van der Waals surface area contributed by atoms with E-state index in [2.05, 4.69) is 33.5 Å². The van der Waals surface area contributed by atoms with Crippen molar-refractivity contribution in [1.82, 2.24) is 10.3 Å². The van der Waals surface area contributed by atoms with Crippen LogP contribution in [0.3, 0.4) is 0 Å². The van der Waals surface area contributed by atoms with Crippen LogP contribution in [0.2, 0.25) is 0 Å². The van der Waals surface area contributed by atoms with Crippen LogP contribution in [0.15, 0.2) is 60.2 Å². The number of thiazole rings is 1. The topological polar surface area (TPSA) is 66.5 Å². The van der Waals surface area contributed by atoms with Crippen LogP contribution in [-0.2, 0) is 6.42 Å². The third-order valence-electron chi connectivity index (χ3n) is 5.83. The summed E-state index contributed by atoms with van der Waals surface area (Å²) >= 11 is 1.72. The summed E-state index contributed by atoms with van der Waals surface area (Å²) in [6.45, 7) is 4.24. The summed E-state index contributed by atoms with van der Waals surface area (Å²) in [6, 6.07) is 16.3. The van der Waals surface area contributed by atoms with Crippen molar-refractivity contribution in [3.05, 3.63) is 70.7 Å². The number of amides is 1. The van der Waals surface area contributed by atoms with Crippen LogP contribution in [0.5, 0.6) is 5.75 Å². The highest BCUT2D eigenvalue weighted by atomic mass is 32.1. The molecule has 6 nitrogen and oxygen atoms in total. The molecule has 3 aromatic rings. The molecule has 0 spiro atoms. The Morgan fingerprint density at radius 1 is 1.22 bits per heavy atom. The first-order valence-corrected chi connectivity index (χ1v) is 11.9. The average Bonchev–Trinajstić information content (AvgIpc) is 3.32. The average molecular weight is 451 g/mol. The van der Waals surface area contributed by atoms with Crippen molar-refractivity contribution in [1.29, 1.82) is 0 Å². The number of methoxy groups -OCH3 is 1. The zero-order valence-corrected chi connectivity index (χ0v) is 19.4. The highest BCUT2D eigenvalue weighted by molar-refractivity contribution is 7.09. The molecular formula is C25H30N4O2S. The molecule has 2 heterocycles. The van der Waals surface area contributed by atoms with E-state index in [0.717, 1.165) is 43.7 Å². The molecule has 1 amide bonds. The van der Waals surface area contributed by atoms with Gasteiger partial charge in [-0.2, -0.15) is 0 Å². The number of carbonyl (C=O) groups excluding carboxylic acids is 1. The Balaban J connectivity index is 1.31. The van der Waals surface area contributed by atoms with Gasteiger partial charge in [0.05, 0.1) is 18.2 Å². The summed E-state index contributed by atoms with van der Waals surface area (Å²) in [7, 11) is 1.57. The van der Waals surface area contributed by atoms with Crippen molar-refractivity contribution in [3.8, 4) is 5.75 Å². The Hall–Kier alpha value is -2.90. The highest BCUT2D eigenvalue weighted by Crippen LogP contribution is 2.25. The fourth-order valence-electron chi connectivity index (χ4n) is 4.22. The van der Waals surface area contributed by atoms with Crippen LogP contribution in [0.25, 0.3) is 0 Å². The number of ether oxygens (including phenoxy) is 1. The predicted molar refractivity (Wildman–Crippen MR) is 131 cm³/mol. The maximum Gasteiger partial charge on any atom is 0.259 e. The van der Waals surface area contributed by atoms with Gasteiger partial charge in [-0.05, 0) is 56.5 Å². The second kappa shape index (κ2) is 10.6. The molecule has 0 bridgehead atoms. The molecule has 0 unspecified atom stereocenters. The Bertz CT molecular complexity index is 1020. The van der Waals surface area contributed by atoms with Gasteiger partial charge in [-0.1, -0.05) is 18.2 Å². The SMILES string of the molecule is COc1ccccc1C(=O)Nc1cccc(N2CCC(N[C@@H](C)Cc3cncs3)CC2)c1. The standard InChI is InChI=1S/C25H30N4O2S/c1-18(14-22-16-26-17-32-22)27-19-10-12-29(13-11-19)21-7-5-6-20(15-21)28-25(30)23-8-3-4-9-24(23)31-2/h3-9,15-19,27H,10-14H2,1-2H3,(H,28,30)/t18-/m0/s1. The number of hydrogen-bond acceptors (Lipinski definition) is 6. The molecule has 168 valence electrons. The number of nitrogens with one attached hydrogen (secondary N) is 2. The van der Waals surface area contributed by atoms with Gasteiger partial charge < -0.3 is 20.3 Å². The number of hydrogen-bond donors (Lipinski definition) is 2. The molecule has 32 heavy (non-hydrogen) atoms. The number of anilines is 2. The van der Waals surface area contributed by atoms with E-state index in [-0.39, 0.29) is 5.91 Å². The molecule has 0 saturated carbocycles. The van der Waals surface area contributed by atoms with Crippen molar-refractivity contribution >= 4 is 28.6 Å². The lowest BCUT2D eigenvalue weighted by Crippen LogP contribution is -2.46.